The number of likely N-dealkylation sites (tertiary alicyclic amines) is 1. The molecule has 1 aromatic carbocycles. The van der Waals surface area contributed by atoms with Gasteiger partial charge in [0, 0.05) is 49.2 Å². The minimum Gasteiger partial charge on any atom is -0.351 e. The number of piperidine rings is 1. The van der Waals surface area contributed by atoms with E-state index in [2.05, 4.69) is 21.6 Å². The van der Waals surface area contributed by atoms with Gasteiger partial charge in [0.25, 0.3) is 5.91 Å². The van der Waals surface area contributed by atoms with Crippen molar-refractivity contribution in [3.8, 4) is 0 Å². The molecule has 234 valence electrons. The van der Waals surface area contributed by atoms with Gasteiger partial charge in [0.15, 0.2) is 11.6 Å². The maximum Gasteiger partial charge on any atom is 0.396 e. The van der Waals surface area contributed by atoms with Crippen LogP contribution in [0.15, 0.2) is 65.9 Å². The molecule has 0 saturated carbocycles. The minimum absolute atomic E-state index is 0.0266. The van der Waals surface area contributed by atoms with Crippen molar-refractivity contribution in [3.05, 3.63) is 94.8 Å². The molecule has 2 atom stereocenters. The number of hydrogen-bond acceptors (Lipinski definition) is 4. The van der Waals surface area contributed by atoms with Crippen LogP contribution < -0.4 is 11.1 Å². The zero-order chi connectivity index (χ0) is 31.4. The number of urea groups is 1. The molecule has 2 aromatic rings. The van der Waals surface area contributed by atoms with E-state index in [0.29, 0.717) is 38.2 Å². The lowest BCUT2D eigenvalue weighted by molar-refractivity contribution is -0.129. The van der Waals surface area contributed by atoms with E-state index in [1.165, 1.54) is 16.7 Å². The summed E-state index contributed by atoms with van der Waals surface area (Å²) in [6.07, 6.45) is 9.62. The van der Waals surface area contributed by atoms with Crippen molar-refractivity contribution in [2.75, 3.05) is 13.1 Å². The summed E-state index contributed by atoms with van der Waals surface area (Å²) in [5.41, 5.74) is 7.16. The van der Waals surface area contributed by atoms with E-state index in [9.17, 15) is 31.5 Å². The highest BCUT2D eigenvalue weighted by Crippen LogP contribution is 2.32. The fraction of sp³-hybridized carbons (Fsp3) is 0.419. The van der Waals surface area contributed by atoms with Crippen molar-refractivity contribution in [3.63, 3.8) is 0 Å². The Balaban J connectivity index is 0.000000175. The summed E-state index contributed by atoms with van der Waals surface area (Å²) in [6.45, 7) is 1.35. The number of hydrogen-bond donors (Lipinski definition) is 2. The number of nitrogens with two attached hydrogens (primary N) is 1. The molecule has 44 heavy (non-hydrogen) atoms. The standard InChI is InChI=1S/C16H19N3O2.C15H14F5N3/c17-16(21)19-7-5-12(6-8-19)14-10-11-3-1-2-4-13(9-11)18-15(14)20;16-11-5-2-4-10(14(11)17)9-3-1-6-12-21-22-13(23(12)8-9)7-15(18,19)20/h1-4,9-12H,5-8H2,(H2,17,21)(H,18,20);2,4-5,9H,1,3,6-8H2. The summed E-state index contributed by atoms with van der Waals surface area (Å²) in [6, 6.07) is 3.52. The number of fused-ring (bicyclic) bond motifs is 2. The van der Waals surface area contributed by atoms with Crippen LogP contribution in [0.4, 0.5) is 26.7 Å². The molecular formula is C31H33F5N6O2. The molecule has 0 spiro atoms. The van der Waals surface area contributed by atoms with E-state index in [4.69, 9.17) is 5.73 Å². The SMILES string of the molecule is Fc1cccc(C2CCCc3nnc(CC(F)(F)F)n3C2)c1F.NC(=O)N1CCC(C2=CC3C=CC=CC(=C3)NC2=O)CC1. The van der Waals surface area contributed by atoms with Crippen molar-refractivity contribution >= 4 is 11.9 Å². The Morgan fingerprint density at radius 2 is 1.82 bits per heavy atom. The van der Waals surface area contributed by atoms with Crippen LogP contribution in [0.1, 0.15) is 48.8 Å². The van der Waals surface area contributed by atoms with E-state index >= 15 is 0 Å². The summed E-state index contributed by atoms with van der Waals surface area (Å²) in [5.74, 6) is -1.72. The van der Waals surface area contributed by atoms with Gasteiger partial charge in [-0.25, -0.2) is 13.6 Å². The second-order valence-corrected chi connectivity index (χ2v) is 11.3. The van der Waals surface area contributed by atoms with Crippen molar-refractivity contribution in [1.29, 1.82) is 0 Å². The number of allylic oxidation sites excluding steroid dienone is 6. The molecule has 1 aromatic heterocycles. The average molecular weight is 617 g/mol. The van der Waals surface area contributed by atoms with Crippen LogP contribution in [0.5, 0.6) is 0 Å². The van der Waals surface area contributed by atoms with Gasteiger partial charge in [0.1, 0.15) is 18.1 Å². The Hall–Kier alpha value is -4.29. The van der Waals surface area contributed by atoms with Crippen LogP contribution in [0.25, 0.3) is 0 Å². The fourth-order valence-corrected chi connectivity index (χ4v) is 6.06. The molecule has 4 aliphatic rings. The molecule has 2 unspecified atom stereocenters. The molecule has 1 aliphatic carbocycles. The van der Waals surface area contributed by atoms with Gasteiger partial charge >= 0.3 is 12.2 Å². The zero-order valence-corrected chi connectivity index (χ0v) is 23.9. The Morgan fingerprint density at radius 1 is 1.05 bits per heavy atom. The first kappa shape index (κ1) is 31.1. The first-order valence-corrected chi connectivity index (χ1v) is 14.5. The van der Waals surface area contributed by atoms with E-state index in [1.54, 1.807) is 4.90 Å². The first-order chi connectivity index (χ1) is 21.0. The number of benzene rings is 1. The summed E-state index contributed by atoms with van der Waals surface area (Å²) in [7, 11) is 0. The third-order valence-corrected chi connectivity index (χ3v) is 8.27. The lowest BCUT2D eigenvalue weighted by Crippen LogP contribution is -2.43. The van der Waals surface area contributed by atoms with Gasteiger partial charge in [0.05, 0.1) is 0 Å². The lowest BCUT2D eigenvalue weighted by atomic mass is 9.87. The third-order valence-electron chi connectivity index (χ3n) is 8.27. The number of halogens is 5. The van der Waals surface area contributed by atoms with Crippen molar-refractivity contribution < 1.29 is 31.5 Å². The smallest absolute Gasteiger partial charge is 0.351 e. The Bertz CT molecular complexity index is 1520. The second kappa shape index (κ2) is 13.1. The topological polar surface area (TPSA) is 106 Å². The van der Waals surface area contributed by atoms with Crippen LogP contribution >= 0.6 is 0 Å². The normalized spacial score (nSPS) is 21.9. The number of primary amides is 1. The van der Waals surface area contributed by atoms with Crippen LogP contribution in [0, 0.1) is 23.5 Å². The second-order valence-electron chi connectivity index (χ2n) is 11.3. The number of carbonyl (C=O) groups excluding carboxylic acids is 2. The minimum atomic E-state index is -4.39. The average Bonchev–Trinajstić information content (AvgIpc) is 3.17. The molecule has 0 radical (unpaired) electrons. The molecule has 3 amide bonds. The molecule has 13 heteroatoms. The molecule has 6 rings (SSSR count). The first-order valence-electron chi connectivity index (χ1n) is 14.5. The van der Waals surface area contributed by atoms with Crippen molar-refractivity contribution in [2.24, 2.45) is 17.6 Å². The largest absolute Gasteiger partial charge is 0.396 e. The van der Waals surface area contributed by atoms with Crippen LogP contribution in [-0.2, 0) is 24.2 Å². The summed E-state index contributed by atoms with van der Waals surface area (Å²) < 4.78 is 66.7. The van der Waals surface area contributed by atoms with Crippen LogP contribution in [0.2, 0.25) is 0 Å². The zero-order valence-electron chi connectivity index (χ0n) is 23.9. The predicted octanol–water partition coefficient (Wildman–Crippen LogP) is 5.24. The quantitative estimate of drug-likeness (QED) is 0.460. The Morgan fingerprint density at radius 3 is 2.55 bits per heavy atom. The van der Waals surface area contributed by atoms with Gasteiger partial charge in [-0.3, -0.25) is 4.79 Å². The summed E-state index contributed by atoms with van der Waals surface area (Å²) in [4.78, 5) is 25.2. The third kappa shape index (κ3) is 7.43. The lowest BCUT2D eigenvalue weighted by Gasteiger charge is -2.31. The highest BCUT2D eigenvalue weighted by molar-refractivity contribution is 5.96. The van der Waals surface area contributed by atoms with Gasteiger partial charge in [0.2, 0.25) is 0 Å². The molecule has 8 nitrogen and oxygen atoms in total. The van der Waals surface area contributed by atoms with Crippen molar-refractivity contribution in [2.45, 2.75) is 57.2 Å². The van der Waals surface area contributed by atoms with E-state index in [1.807, 2.05) is 30.4 Å². The monoisotopic (exact) mass is 616 g/mol. The van der Waals surface area contributed by atoms with E-state index < -0.39 is 30.1 Å². The molecule has 1 fully saturated rings. The van der Waals surface area contributed by atoms with Gasteiger partial charge in [-0.05, 0) is 49.3 Å². The Kier molecular flexibility index (Phi) is 9.31. The molecule has 1 saturated heterocycles. The van der Waals surface area contributed by atoms with Gasteiger partial charge in [-0.1, -0.05) is 42.5 Å². The molecular weight excluding hydrogens is 583 g/mol. The number of alkyl halides is 3. The molecule has 3 N–H and O–H groups in total. The van der Waals surface area contributed by atoms with Gasteiger partial charge in [-0.2, -0.15) is 13.2 Å². The number of aromatic nitrogens is 3. The number of nitrogens with zero attached hydrogens (tertiary/aromatic N) is 4. The van der Waals surface area contributed by atoms with Gasteiger partial charge < -0.3 is 20.5 Å². The van der Waals surface area contributed by atoms with Crippen molar-refractivity contribution in [1.82, 2.24) is 25.0 Å². The maximum atomic E-state index is 14.0. The predicted molar refractivity (Wildman–Crippen MR) is 152 cm³/mol. The summed E-state index contributed by atoms with van der Waals surface area (Å²) in [5, 5.41) is 10.4. The molecule has 3 aliphatic heterocycles. The number of aryl methyl sites for hydroxylation is 1. The molecule has 4 heterocycles. The fourth-order valence-electron chi connectivity index (χ4n) is 6.06. The Labute approximate surface area is 251 Å². The number of rotatable bonds is 3. The van der Waals surface area contributed by atoms with Crippen LogP contribution in [-0.4, -0.2) is 50.9 Å². The number of carbonyl (C=O) groups is 2. The highest BCUT2D eigenvalue weighted by atomic mass is 19.4. The van der Waals surface area contributed by atoms with Crippen LogP contribution in [0.3, 0.4) is 0 Å². The number of amides is 3. The van der Waals surface area contributed by atoms with E-state index in [0.717, 1.165) is 30.2 Å². The highest BCUT2D eigenvalue weighted by Gasteiger charge is 2.33. The maximum absolute atomic E-state index is 14.0. The number of nitrogens with one attached hydrogen (secondary N) is 1. The van der Waals surface area contributed by atoms with Gasteiger partial charge in [-0.15, -0.1) is 10.2 Å². The molecule has 2 bridgehead atoms. The summed E-state index contributed by atoms with van der Waals surface area (Å²) >= 11 is 0. The van der Waals surface area contributed by atoms with E-state index in [-0.39, 0.29) is 41.7 Å².